The Morgan fingerprint density at radius 3 is 2.45 bits per heavy atom. The monoisotopic (exact) mass is 313 g/mol. The highest BCUT2D eigenvalue weighted by Crippen LogP contribution is 2.19. The summed E-state index contributed by atoms with van der Waals surface area (Å²) in [5, 5.41) is 7.65. The van der Waals surface area contributed by atoms with Gasteiger partial charge in [0.25, 0.3) is 0 Å². The summed E-state index contributed by atoms with van der Waals surface area (Å²) in [5.41, 5.74) is 5.99. The quantitative estimate of drug-likeness (QED) is 0.534. The molecule has 0 atom stereocenters. The van der Waals surface area contributed by atoms with Gasteiger partial charge in [-0.15, -0.1) is 0 Å². The van der Waals surface area contributed by atoms with E-state index in [0.717, 1.165) is 0 Å². The van der Waals surface area contributed by atoms with Crippen LogP contribution >= 0.6 is 0 Å². The third-order valence-electron chi connectivity index (χ3n) is 2.10. The van der Waals surface area contributed by atoms with Gasteiger partial charge < -0.3 is 15.8 Å². The molecule has 0 bridgehead atoms. The molecule has 20 heavy (non-hydrogen) atoms. The van der Waals surface area contributed by atoms with Crippen LogP contribution in [0.5, 0.6) is 0 Å². The Kier molecular flexibility index (Phi) is 5.20. The number of hydrogen-bond donors (Lipinski definition) is 3. The van der Waals surface area contributed by atoms with E-state index in [1.807, 2.05) is 0 Å². The normalized spacial score (nSPS) is 12.4. The van der Waals surface area contributed by atoms with Gasteiger partial charge in [0.05, 0.1) is 11.5 Å². The van der Waals surface area contributed by atoms with E-state index in [-0.39, 0.29) is 23.7 Å². The highest BCUT2D eigenvalue weighted by atomic mass is 32.2. The third-order valence-corrected chi connectivity index (χ3v) is 2.99. The fourth-order valence-corrected chi connectivity index (χ4v) is 1.94. The summed E-state index contributed by atoms with van der Waals surface area (Å²) < 4.78 is 62.1. The van der Waals surface area contributed by atoms with E-state index >= 15 is 0 Å². The molecule has 0 unspecified atom stereocenters. The Balaban J connectivity index is 2.55. The van der Waals surface area contributed by atoms with E-state index in [0.29, 0.717) is 5.69 Å². The van der Waals surface area contributed by atoms with Crippen molar-refractivity contribution in [3.63, 3.8) is 0 Å². The summed E-state index contributed by atoms with van der Waals surface area (Å²) in [6, 6.07) is 3.84. The number of rotatable bonds is 6. The molecule has 0 amide bonds. The molecule has 0 spiro atoms. The van der Waals surface area contributed by atoms with Crippen LogP contribution in [-0.2, 0) is 14.8 Å². The van der Waals surface area contributed by atoms with Crippen LogP contribution in [0.3, 0.4) is 0 Å². The molecule has 0 aliphatic heterocycles. The highest BCUT2D eigenvalue weighted by Gasteiger charge is 2.27. The lowest BCUT2D eigenvalue weighted by atomic mass is 10.3. The van der Waals surface area contributed by atoms with Crippen molar-refractivity contribution >= 4 is 21.4 Å². The summed E-state index contributed by atoms with van der Waals surface area (Å²) in [7, 11) is -3.90. The lowest BCUT2D eigenvalue weighted by Gasteiger charge is -2.10. The number of nitrogen functional groups attached to an aromatic ring is 1. The molecule has 1 rings (SSSR count). The van der Waals surface area contributed by atoms with E-state index in [2.05, 4.69) is 10.1 Å². The Morgan fingerprint density at radius 2 is 1.90 bits per heavy atom. The first-order valence-corrected chi connectivity index (χ1v) is 6.94. The second-order valence-corrected chi connectivity index (χ2v) is 5.49. The smallest absolute Gasteiger partial charge is 0.399 e. The lowest BCUT2D eigenvalue weighted by Crippen LogP contribution is -2.20. The van der Waals surface area contributed by atoms with Crippen LogP contribution in [0, 0.1) is 0 Å². The van der Waals surface area contributed by atoms with Crippen molar-refractivity contribution in [3.05, 3.63) is 18.2 Å². The summed E-state index contributed by atoms with van der Waals surface area (Å²) in [6.45, 7) is -1.48. The van der Waals surface area contributed by atoms with E-state index in [1.54, 1.807) is 0 Å². The molecule has 0 aliphatic carbocycles. The van der Waals surface area contributed by atoms with Crippen molar-refractivity contribution in [3.8, 4) is 0 Å². The van der Waals surface area contributed by atoms with Crippen LogP contribution in [0.4, 0.5) is 24.5 Å². The Labute approximate surface area is 113 Å². The number of ether oxygens (including phenoxy) is 1. The van der Waals surface area contributed by atoms with Gasteiger partial charge in [0.2, 0.25) is 10.0 Å². The van der Waals surface area contributed by atoms with Gasteiger partial charge in [-0.2, -0.15) is 13.2 Å². The van der Waals surface area contributed by atoms with E-state index in [9.17, 15) is 21.6 Å². The lowest BCUT2D eigenvalue weighted by molar-refractivity contribution is -0.172. The second-order valence-electron chi connectivity index (χ2n) is 3.93. The SMILES string of the molecule is Nc1cc(NCCOCC(F)(F)F)cc(S(N)(=O)=O)c1. The Morgan fingerprint density at radius 1 is 1.25 bits per heavy atom. The maximum atomic E-state index is 11.8. The van der Waals surface area contributed by atoms with Crippen LogP contribution < -0.4 is 16.2 Å². The van der Waals surface area contributed by atoms with Gasteiger partial charge >= 0.3 is 6.18 Å². The number of nitrogens with two attached hydrogens (primary N) is 2. The van der Waals surface area contributed by atoms with Crippen LogP contribution in [-0.4, -0.2) is 34.4 Å². The molecule has 6 nitrogen and oxygen atoms in total. The van der Waals surface area contributed by atoms with Crippen LogP contribution in [0.15, 0.2) is 23.1 Å². The van der Waals surface area contributed by atoms with Crippen LogP contribution in [0.25, 0.3) is 0 Å². The average molecular weight is 313 g/mol. The molecular weight excluding hydrogens is 299 g/mol. The molecule has 1 aromatic carbocycles. The first-order chi connectivity index (χ1) is 9.08. The minimum atomic E-state index is -4.38. The molecular formula is C10H14F3N3O3S. The number of alkyl halides is 3. The van der Waals surface area contributed by atoms with Gasteiger partial charge in [0.15, 0.2) is 0 Å². The molecule has 10 heteroatoms. The molecule has 0 aromatic heterocycles. The predicted octanol–water partition coefficient (Wildman–Crippen LogP) is 0.907. The maximum absolute atomic E-state index is 11.8. The van der Waals surface area contributed by atoms with Gasteiger partial charge in [0.1, 0.15) is 6.61 Å². The van der Waals surface area contributed by atoms with E-state index < -0.39 is 22.8 Å². The first-order valence-electron chi connectivity index (χ1n) is 5.40. The minimum Gasteiger partial charge on any atom is -0.399 e. The molecule has 0 aliphatic rings. The van der Waals surface area contributed by atoms with Gasteiger partial charge in [-0.1, -0.05) is 0 Å². The molecule has 0 fully saturated rings. The molecule has 5 N–H and O–H groups in total. The van der Waals surface area contributed by atoms with Gasteiger partial charge in [-0.25, -0.2) is 13.6 Å². The number of halogens is 3. The van der Waals surface area contributed by atoms with Gasteiger partial charge in [0, 0.05) is 17.9 Å². The van der Waals surface area contributed by atoms with Gasteiger partial charge in [-0.05, 0) is 18.2 Å². The van der Waals surface area contributed by atoms with Crippen molar-refractivity contribution in [1.29, 1.82) is 0 Å². The summed E-state index contributed by atoms with van der Waals surface area (Å²) in [6.07, 6.45) is -4.38. The summed E-state index contributed by atoms with van der Waals surface area (Å²) in [4.78, 5) is -0.184. The van der Waals surface area contributed by atoms with Crippen molar-refractivity contribution in [2.45, 2.75) is 11.1 Å². The number of sulfonamides is 1. The van der Waals surface area contributed by atoms with Crippen molar-refractivity contribution in [2.75, 3.05) is 30.8 Å². The predicted molar refractivity (Wildman–Crippen MR) is 67.6 cm³/mol. The summed E-state index contributed by atoms with van der Waals surface area (Å²) >= 11 is 0. The minimum absolute atomic E-state index is 0.0591. The van der Waals surface area contributed by atoms with Crippen molar-refractivity contribution < 1.29 is 26.3 Å². The van der Waals surface area contributed by atoms with Crippen LogP contribution in [0.2, 0.25) is 0 Å². The first kappa shape index (κ1) is 16.5. The molecule has 114 valence electrons. The molecule has 0 heterocycles. The topological polar surface area (TPSA) is 107 Å². The number of primary sulfonamides is 1. The molecule has 0 saturated heterocycles. The largest absolute Gasteiger partial charge is 0.411 e. The number of anilines is 2. The van der Waals surface area contributed by atoms with Gasteiger partial charge in [-0.3, -0.25) is 0 Å². The van der Waals surface area contributed by atoms with Crippen molar-refractivity contribution in [2.24, 2.45) is 5.14 Å². The number of benzene rings is 1. The highest BCUT2D eigenvalue weighted by molar-refractivity contribution is 7.89. The Bertz CT molecular complexity index is 561. The molecule has 0 radical (unpaired) electrons. The zero-order valence-electron chi connectivity index (χ0n) is 10.3. The fourth-order valence-electron chi connectivity index (χ4n) is 1.34. The fraction of sp³-hybridized carbons (Fsp3) is 0.400. The number of nitrogens with one attached hydrogen (secondary N) is 1. The third kappa shape index (κ3) is 6.08. The van der Waals surface area contributed by atoms with E-state index in [1.165, 1.54) is 18.2 Å². The zero-order valence-corrected chi connectivity index (χ0v) is 11.1. The van der Waals surface area contributed by atoms with Crippen molar-refractivity contribution in [1.82, 2.24) is 0 Å². The second kappa shape index (κ2) is 6.29. The Hall–Kier alpha value is -1.52. The standard InChI is InChI=1S/C10H14F3N3O3S/c11-10(12,13)6-19-2-1-16-8-3-7(14)4-9(5-8)20(15,17)18/h3-5,16H,1-2,6,14H2,(H2,15,17,18). The zero-order chi connectivity index (χ0) is 15.4. The molecule has 1 aromatic rings. The summed E-state index contributed by atoms with van der Waals surface area (Å²) in [5.74, 6) is 0. The van der Waals surface area contributed by atoms with Crippen LogP contribution in [0.1, 0.15) is 0 Å². The molecule has 0 saturated carbocycles. The maximum Gasteiger partial charge on any atom is 0.411 e. The number of hydrogen-bond acceptors (Lipinski definition) is 5. The average Bonchev–Trinajstić information content (AvgIpc) is 2.25. The van der Waals surface area contributed by atoms with E-state index in [4.69, 9.17) is 10.9 Å².